The van der Waals surface area contributed by atoms with E-state index in [1.165, 1.54) is 10.4 Å². The minimum Gasteiger partial charge on any atom is -0.334 e. The Balaban J connectivity index is 1.49. The molecule has 2 amide bonds. The largest absolute Gasteiger partial charge is 0.425 e. The van der Waals surface area contributed by atoms with Crippen LogP contribution in [0.5, 0.6) is 0 Å². The van der Waals surface area contributed by atoms with Crippen LogP contribution in [0.15, 0.2) is 0 Å². The van der Waals surface area contributed by atoms with Crippen LogP contribution < -0.4 is 16.0 Å². The summed E-state index contributed by atoms with van der Waals surface area (Å²) in [5.41, 5.74) is 3.37. The number of rotatable bonds is 3. The molecule has 0 spiro atoms. The number of anilines is 1. The molecule has 4 nitrogen and oxygen atoms in total. The highest BCUT2D eigenvalue weighted by molar-refractivity contribution is 7.16. The molecule has 0 bridgehead atoms. The number of alkyl halides is 3. The van der Waals surface area contributed by atoms with Crippen molar-refractivity contribution in [2.75, 3.05) is 11.9 Å². The molecule has 1 unspecified atom stereocenters. The fourth-order valence-electron chi connectivity index (χ4n) is 4.34. The average Bonchev–Trinajstić information content (AvgIpc) is 3.06. The molecule has 0 radical (unpaired) electrons. The number of hydrogen-bond acceptors (Lipinski definition) is 4. The third-order valence-corrected chi connectivity index (χ3v) is 8.54. The summed E-state index contributed by atoms with van der Waals surface area (Å²) in [7, 11) is 0. The quantitative estimate of drug-likeness (QED) is 0.560. The molecule has 1 aliphatic carbocycles. The van der Waals surface area contributed by atoms with Crippen molar-refractivity contribution in [3.8, 4) is 0 Å². The molecule has 164 valence electrons. The summed E-state index contributed by atoms with van der Waals surface area (Å²) in [5.74, 6) is 0.640. The highest BCUT2D eigenvalue weighted by Gasteiger charge is 2.38. The van der Waals surface area contributed by atoms with Gasteiger partial charge < -0.3 is 10.6 Å². The number of carbonyl (C=O) groups excluding carboxylic acids is 1. The number of amides is 2. The fourth-order valence-corrected chi connectivity index (χ4v) is 6.95. The summed E-state index contributed by atoms with van der Waals surface area (Å²) in [6, 6.07) is -0.454. The standard InChI is InChI=1S/C21H26F3N3OS2/c1-11-5-6-13-12(2)19(30-16(13)8-11)27-20(28)26-9-15-14-4-3-7-25-10-17(14)29-18(15)21(22,23)24/h11,25H,3-10H2,1-2H3,(H2,26,27,28). The Labute approximate surface area is 182 Å². The van der Waals surface area contributed by atoms with Crippen molar-refractivity contribution in [1.29, 1.82) is 0 Å². The van der Waals surface area contributed by atoms with Gasteiger partial charge in [-0.15, -0.1) is 22.7 Å². The number of hydrogen-bond donors (Lipinski definition) is 3. The number of halogens is 3. The minimum atomic E-state index is -4.41. The number of fused-ring (bicyclic) bond motifs is 2. The van der Waals surface area contributed by atoms with Crippen molar-refractivity contribution in [2.45, 2.75) is 65.2 Å². The fraction of sp³-hybridized carbons (Fsp3) is 0.571. The van der Waals surface area contributed by atoms with Crippen molar-refractivity contribution >= 4 is 33.7 Å². The second-order valence-electron chi connectivity index (χ2n) is 8.20. The van der Waals surface area contributed by atoms with Gasteiger partial charge in [-0.25, -0.2) is 4.79 Å². The van der Waals surface area contributed by atoms with Gasteiger partial charge in [0.05, 0.1) is 5.00 Å². The Morgan fingerprint density at radius 1 is 1.20 bits per heavy atom. The first kappa shape index (κ1) is 21.6. The summed E-state index contributed by atoms with van der Waals surface area (Å²) in [6.45, 7) is 5.36. The molecule has 2 aliphatic rings. The van der Waals surface area contributed by atoms with Crippen molar-refractivity contribution in [3.63, 3.8) is 0 Å². The molecule has 2 aromatic heterocycles. The maximum absolute atomic E-state index is 13.6. The van der Waals surface area contributed by atoms with Gasteiger partial charge in [0.2, 0.25) is 0 Å². The van der Waals surface area contributed by atoms with Gasteiger partial charge in [-0.1, -0.05) is 6.92 Å². The van der Waals surface area contributed by atoms with Gasteiger partial charge in [-0.05, 0) is 73.7 Å². The third kappa shape index (κ3) is 4.38. The summed E-state index contributed by atoms with van der Waals surface area (Å²) >= 11 is 2.39. The van der Waals surface area contributed by atoms with Crippen LogP contribution in [0.1, 0.15) is 56.7 Å². The Kier molecular flexibility index (Phi) is 6.14. The lowest BCUT2D eigenvalue weighted by Gasteiger charge is -2.18. The molecule has 1 aliphatic heterocycles. The van der Waals surface area contributed by atoms with E-state index in [2.05, 4.69) is 22.9 Å². The van der Waals surface area contributed by atoms with Crippen LogP contribution in [-0.4, -0.2) is 12.6 Å². The zero-order valence-corrected chi connectivity index (χ0v) is 18.7. The van der Waals surface area contributed by atoms with Crippen LogP contribution in [0.3, 0.4) is 0 Å². The van der Waals surface area contributed by atoms with Crippen molar-refractivity contribution in [1.82, 2.24) is 10.6 Å². The van der Waals surface area contributed by atoms with E-state index in [0.29, 0.717) is 18.9 Å². The van der Waals surface area contributed by atoms with E-state index < -0.39 is 17.1 Å². The molecule has 4 rings (SSSR count). The number of nitrogens with one attached hydrogen (secondary N) is 3. The third-order valence-electron chi connectivity index (χ3n) is 5.95. The van der Waals surface area contributed by atoms with E-state index in [1.54, 1.807) is 11.3 Å². The van der Waals surface area contributed by atoms with Crippen molar-refractivity contribution in [3.05, 3.63) is 36.9 Å². The van der Waals surface area contributed by atoms with Gasteiger partial charge in [0, 0.05) is 22.8 Å². The van der Waals surface area contributed by atoms with Crippen LogP contribution >= 0.6 is 22.7 Å². The van der Waals surface area contributed by atoms with E-state index >= 15 is 0 Å². The van der Waals surface area contributed by atoms with Gasteiger partial charge in [-0.3, -0.25) is 5.32 Å². The van der Waals surface area contributed by atoms with Gasteiger partial charge in [0.25, 0.3) is 0 Å². The van der Waals surface area contributed by atoms with E-state index in [-0.39, 0.29) is 12.1 Å². The number of thiophene rings is 2. The molecule has 0 fully saturated rings. The molecule has 3 heterocycles. The molecular formula is C21H26F3N3OS2. The van der Waals surface area contributed by atoms with Gasteiger partial charge in [0.15, 0.2) is 0 Å². The Bertz CT molecular complexity index is 948. The van der Waals surface area contributed by atoms with Crippen LogP contribution in [0, 0.1) is 12.8 Å². The predicted molar refractivity (Wildman–Crippen MR) is 115 cm³/mol. The van der Waals surface area contributed by atoms with Crippen LogP contribution in [0.4, 0.5) is 23.0 Å². The first-order valence-corrected chi connectivity index (χ1v) is 11.9. The van der Waals surface area contributed by atoms with Crippen molar-refractivity contribution in [2.24, 2.45) is 5.92 Å². The summed E-state index contributed by atoms with van der Waals surface area (Å²) in [5, 5.41) is 9.52. The minimum absolute atomic E-state index is 0.117. The molecule has 0 saturated heterocycles. The molecule has 3 N–H and O–H groups in total. The van der Waals surface area contributed by atoms with Crippen LogP contribution in [-0.2, 0) is 38.5 Å². The molecular weight excluding hydrogens is 431 g/mol. The van der Waals surface area contributed by atoms with Gasteiger partial charge in [-0.2, -0.15) is 13.2 Å². The lowest BCUT2D eigenvalue weighted by Crippen LogP contribution is -2.29. The van der Waals surface area contributed by atoms with Crippen LogP contribution in [0.2, 0.25) is 0 Å². The molecule has 0 aromatic carbocycles. The molecule has 30 heavy (non-hydrogen) atoms. The number of carbonyl (C=O) groups is 1. The monoisotopic (exact) mass is 457 g/mol. The highest BCUT2D eigenvalue weighted by atomic mass is 32.1. The van der Waals surface area contributed by atoms with E-state index in [1.807, 2.05) is 6.92 Å². The van der Waals surface area contributed by atoms with E-state index in [4.69, 9.17) is 0 Å². The van der Waals surface area contributed by atoms with Crippen molar-refractivity contribution < 1.29 is 18.0 Å². The Morgan fingerprint density at radius 2 is 2.00 bits per heavy atom. The first-order valence-electron chi connectivity index (χ1n) is 10.3. The Morgan fingerprint density at radius 3 is 2.77 bits per heavy atom. The normalized spacial score (nSPS) is 19.0. The Hall–Kier alpha value is -1.58. The second-order valence-corrected chi connectivity index (χ2v) is 10.4. The van der Waals surface area contributed by atoms with E-state index in [9.17, 15) is 18.0 Å². The van der Waals surface area contributed by atoms with Crippen LogP contribution in [0.25, 0.3) is 0 Å². The predicted octanol–water partition coefficient (Wildman–Crippen LogP) is 5.62. The first-order chi connectivity index (χ1) is 14.2. The number of urea groups is 1. The zero-order valence-electron chi connectivity index (χ0n) is 17.1. The molecule has 2 aromatic rings. The summed E-state index contributed by atoms with van der Waals surface area (Å²) in [4.78, 5) is 14.0. The zero-order chi connectivity index (χ0) is 21.5. The lowest BCUT2D eigenvalue weighted by molar-refractivity contribution is -0.135. The van der Waals surface area contributed by atoms with E-state index in [0.717, 1.165) is 64.6 Å². The molecule has 9 heteroatoms. The lowest BCUT2D eigenvalue weighted by atomic mass is 9.89. The smallest absolute Gasteiger partial charge is 0.334 e. The second kappa shape index (κ2) is 8.51. The average molecular weight is 458 g/mol. The van der Waals surface area contributed by atoms with Gasteiger partial charge in [0.1, 0.15) is 4.88 Å². The molecule has 0 saturated carbocycles. The van der Waals surface area contributed by atoms with Gasteiger partial charge >= 0.3 is 12.2 Å². The summed E-state index contributed by atoms with van der Waals surface area (Å²) < 4.78 is 40.8. The summed E-state index contributed by atoms with van der Waals surface area (Å²) in [6.07, 6.45) is 0.167. The topological polar surface area (TPSA) is 53.2 Å². The SMILES string of the molecule is Cc1c(NC(=O)NCc2c(C(F)(F)F)sc3c2CCCNC3)sc2c1CCC(C)C2. The maximum Gasteiger partial charge on any atom is 0.425 e. The maximum atomic E-state index is 13.6. The highest BCUT2D eigenvalue weighted by Crippen LogP contribution is 2.42. The molecule has 1 atom stereocenters.